The predicted molar refractivity (Wildman–Crippen MR) is 95.0 cm³/mol. The van der Waals surface area contributed by atoms with Crippen molar-refractivity contribution in [2.75, 3.05) is 18.8 Å². The van der Waals surface area contributed by atoms with Crippen molar-refractivity contribution in [1.82, 2.24) is 15.1 Å². The summed E-state index contributed by atoms with van der Waals surface area (Å²) in [5.41, 5.74) is 5.14. The lowest BCUT2D eigenvalue weighted by molar-refractivity contribution is 0.0765. The SMILES string of the molecule is Cc1ccccc1[C@H]1CCN(C(=O)c2c(C)n[nH]c2C)CCS1. The van der Waals surface area contributed by atoms with Crippen molar-refractivity contribution in [2.24, 2.45) is 0 Å². The number of nitrogens with one attached hydrogen (secondary N) is 1. The maximum absolute atomic E-state index is 12.8. The normalized spacial score (nSPS) is 18.7. The van der Waals surface area contributed by atoms with Gasteiger partial charge in [0.15, 0.2) is 0 Å². The molecule has 1 fully saturated rings. The summed E-state index contributed by atoms with van der Waals surface area (Å²) in [6.07, 6.45) is 0.997. The first-order valence-corrected chi connectivity index (χ1v) is 9.10. The lowest BCUT2D eigenvalue weighted by atomic mass is 10.0. The Morgan fingerprint density at radius 3 is 2.74 bits per heavy atom. The van der Waals surface area contributed by atoms with Crippen LogP contribution in [0.3, 0.4) is 0 Å². The van der Waals surface area contributed by atoms with E-state index in [4.69, 9.17) is 0 Å². The molecule has 1 amide bonds. The number of thioether (sulfide) groups is 1. The largest absolute Gasteiger partial charge is 0.338 e. The summed E-state index contributed by atoms with van der Waals surface area (Å²) in [6.45, 7) is 7.57. The van der Waals surface area contributed by atoms with Crippen molar-refractivity contribution in [2.45, 2.75) is 32.4 Å². The molecule has 0 unspecified atom stereocenters. The van der Waals surface area contributed by atoms with Crippen LogP contribution in [0.5, 0.6) is 0 Å². The minimum atomic E-state index is 0.111. The second-order valence-electron chi connectivity index (χ2n) is 6.11. The number of H-pyrrole nitrogens is 1. The predicted octanol–water partition coefficient (Wildman–Crippen LogP) is 3.66. The molecule has 5 heteroatoms. The number of hydrogen-bond acceptors (Lipinski definition) is 3. The van der Waals surface area contributed by atoms with Crippen LogP contribution in [0.4, 0.5) is 0 Å². The first-order valence-electron chi connectivity index (χ1n) is 8.06. The quantitative estimate of drug-likeness (QED) is 0.915. The van der Waals surface area contributed by atoms with Crippen LogP contribution in [0.2, 0.25) is 0 Å². The van der Waals surface area contributed by atoms with Crippen LogP contribution >= 0.6 is 11.8 Å². The van der Waals surface area contributed by atoms with E-state index in [-0.39, 0.29) is 5.91 Å². The van der Waals surface area contributed by atoms with Crippen LogP contribution in [0.15, 0.2) is 24.3 Å². The monoisotopic (exact) mass is 329 g/mol. The van der Waals surface area contributed by atoms with Crippen LogP contribution in [-0.4, -0.2) is 39.8 Å². The molecule has 2 heterocycles. The average molecular weight is 329 g/mol. The highest BCUT2D eigenvalue weighted by Crippen LogP contribution is 2.36. The second-order valence-corrected chi connectivity index (χ2v) is 7.42. The summed E-state index contributed by atoms with van der Waals surface area (Å²) < 4.78 is 0. The van der Waals surface area contributed by atoms with E-state index in [1.54, 1.807) is 0 Å². The minimum Gasteiger partial charge on any atom is -0.338 e. The number of nitrogens with zero attached hydrogens (tertiary/aromatic N) is 2. The van der Waals surface area contributed by atoms with Gasteiger partial charge in [-0.3, -0.25) is 9.89 Å². The van der Waals surface area contributed by atoms with Crippen molar-refractivity contribution in [3.63, 3.8) is 0 Å². The van der Waals surface area contributed by atoms with E-state index in [0.29, 0.717) is 5.25 Å². The van der Waals surface area contributed by atoms with Gasteiger partial charge in [0.2, 0.25) is 0 Å². The Labute approximate surface area is 141 Å². The summed E-state index contributed by atoms with van der Waals surface area (Å²) in [6, 6.07) is 8.58. The van der Waals surface area contributed by atoms with E-state index in [9.17, 15) is 4.79 Å². The van der Waals surface area contributed by atoms with E-state index in [1.807, 2.05) is 30.5 Å². The molecule has 1 aliphatic heterocycles. The summed E-state index contributed by atoms with van der Waals surface area (Å²) in [5, 5.41) is 7.54. The van der Waals surface area contributed by atoms with Gasteiger partial charge in [0.1, 0.15) is 0 Å². The number of carbonyl (C=O) groups is 1. The number of aryl methyl sites for hydroxylation is 3. The molecular formula is C18H23N3OS. The Balaban J connectivity index is 1.74. The van der Waals surface area contributed by atoms with Gasteiger partial charge in [0.05, 0.1) is 11.3 Å². The summed E-state index contributed by atoms with van der Waals surface area (Å²) in [4.78, 5) is 14.8. The zero-order valence-electron chi connectivity index (χ0n) is 13.9. The third-order valence-corrected chi connectivity index (χ3v) is 5.82. The molecular weight excluding hydrogens is 306 g/mol. The molecule has 1 saturated heterocycles. The molecule has 1 aromatic carbocycles. The highest BCUT2D eigenvalue weighted by atomic mass is 32.2. The van der Waals surface area contributed by atoms with E-state index >= 15 is 0 Å². The minimum absolute atomic E-state index is 0.111. The Bertz CT molecular complexity index is 691. The number of aromatic amines is 1. The Morgan fingerprint density at radius 2 is 2.04 bits per heavy atom. The Hall–Kier alpha value is -1.75. The van der Waals surface area contributed by atoms with Crippen molar-refractivity contribution >= 4 is 17.7 Å². The fourth-order valence-corrected chi connectivity index (χ4v) is 4.52. The van der Waals surface area contributed by atoms with Gasteiger partial charge in [-0.1, -0.05) is 24.3 Å². The summed E-state index contributed by atoms with van der Waals surface area (Å²) in [7, 11) is 0. The fourth-order valence-electron chi connectivity index (χ4n) is 3.19. The molecule has 2 aromatic rings. The zero-order chi connectivity index (χ0) is 16.4. The number of amides is 1. The van der Waals surface area contributed by atoms with E-state index < -0.39 is 0 Å². The average Bonchev–Trinajstić information content (AvgIpc) is 2.75. The van der Waals surface area contributed by atoms with Crippen LogP contribution < -0.4 is 0 Å². The van der Waals surface area contributed by atoms with Crippen molar-refractivity contribution in [1.29, 1.82) is 0 Å². The lowest BCUT2D eigenvalue weighted by Crippen LogP contribution is -2.33. The van der Waals surface area contributed by atoms with Gasteiger partial charge in [-0.2, -0.15) is 16.9 Å². The Morgan fingerprint density at radius 1 is 1.26 bits per heavy atom. The molecule has 0 aliphatic carbocycles. The van der Waals surface area contributed by atoms with Gasteiger partial charge in [-0.25, -0.2) is 0 Å². The summed E-state index contributed by atoms with van der Waals surface area (Å²) >= 11 is 1.96. The zero-order valence-corrected chi connectivity index (χ0v) is 14.7. The van der Waals surface area contributed by atoms with Gasteiger partial charge >= 0.3 is 0 Å². The molecule has 3 rings (SSSR count). The maximum Gasteiger partial charge on any atom is 0.257 e. The van der Waals surface area contributed by atoms with Gasteiger partial charge in [0, 0.05) is 29.8 Å². The molecule has 1 N–H and O–H groups in total. The maximum atomic E-state index is 12.8. The highest BCUT2D eigenvalue weighted by molar-refractivity contribution is 7.99. The molecule has 122 valence electrons. The summed E-state index contributed by atoms with van der Waals surface area (Å²) in [5.74, 6) is 1.08. The molecule has 0 spiro atoms. The smallest absolute Gasteiger partial charge is 0.257 e. The first-order chi connectivity index (χ1) is 11.1. The number of benzene rings is 1. The van der Waals surface area contributed by atoms with Crippen LogP contribution in [0, 0.1) is 20.8 Å². The molecule has 23 heavy (non-hydrogen) atoms. The number of rotatable bonds is 2. The topological polar surface area (TPSA) is 49.0 Å². The molecule has 0 bridgehead atoms. The molecule has 4 nitrogen and oxygen atoms in total. The fraction of sp³-hybridized carbons (Fsp3) is 0.444. The molecule has 1 atom stereocenters. The first kappa shape index (κ1) is 16.1. The number of aromatic nitrogens is 2. The molecule has 0 radical (unpaired) electrons. The second kappa shape index (κ2) is 6.79. The van der Waals surface area contributed by atoms with Gasteiger partial charge in [0.25, 0.3) is 5.91 Å². The molecule has 1 aliphatic rings. The van der Waals surface area contributed by atoms with Crippen LogP contribution in [-0.2, 0) is 0 Å². The van der Waals surface area contributed by atoms with Crippen LogP contribution in [0.1, 0.15) is 44.5 Å². The molecule has 0 saturated carbocycles. The van der Waals surface area contributed by atoms with E-state index in [0.717, 1.165) is 42.2 Å². The van der Waals surface area contributed by atoms with Crippen LogP contribution in [0.25, 0.3) is 0 Å². The van der Waals surface area contributed by atoms with E-state index in [1.165, 1.54) is 11.1 Å². The van der Waals surface area contributed by atoms with Gasteiger partial charge in [-0.15, -0.1) is 0 Å². The third kappa shape index (κ3) is 3.29. The van der Waals surface area contributed by atoms with Crippen molar-refractivity contribution in [3.05, 3.63) is 52.3 Å². The number of carbonyl (C=O) groups excluding carboxylic acids is 1. The lowest BCUT2D eigenvalue weighted by Gasteiger charge is -2.21. The van der Waals surface area contributed by atoms with Gasteiger partial charge < -0.3 is 4.90 Å². The van der Waals surface area contributed by atoms with Crippen molar-refractivity contribution < 1.29 is 4.79 Å². The Kier molecular flexibility index (Phi) is 4.76. The third-order valence-electron chi connectivity index (χ3n) is 4.51. The van der Waals surface area contributed by atoms with E-state index in [2.05, 4.69) is 41.4 Å². The van der Waals surface area contributed by atoms with Crippen molar-refractivity contribution in [3.8, 4) is 0 Å². The molecule has 1 aromatic heterocycles. The van der Waals surface area contributed by atoms with Gasteiger partial charge in [-0.05, 0) is 38.3 Å². The highest BCUT2D eigenvalue weighted by Gasteiger charge is 2.26. The standard InChI is InChI=1S/C18H23N3OS/c1-12-6-4-5-7-15(12)16-8-9-21(10-11-23-16)18(22)17-13(2)19-20-14(17)3/h4-7,16H,8-11H2,1-3H3,(H,19,20)/t16-/m1/s1. The number of hydrogen-bond donors (Lipinski definition) is 1.